The molecule has 0 heterocycles. The summed E-state index contributed by atoms with van der Waals surface area (Å²) in [5, 5.41) is 21.1. The first-order chi connectivity index (χ1) is 12.2. The zero-order valence-corrected chi connectivity index (χ0v) is 21.0. The smallest absolute Gasteiger partial charge is 0.545 e. The summed E-state index contributed by atoms with van der Waals surface area (Å²) < 4.78 is 0. The summed E-state index contributed by atoms with van der Waals surface area (Å²) in [7, 11) is 0. The van der Waals surface area contributed by atoms with Crippen molar-refractivity contribution in [2.75, 3.05) is 0 Å². The van der Waals surface area contributed by atoms with Gasteiger partial charge in [0.2, 0.25) is 0 Å². The van der Waals surface area contributed by atoms with E-state index in [4.69, 9.17) is 0 Å². The third kappa shape index (κ3) is 10.8. The summed E-state index contributed by atoms with van der Waals surface area (Å²) in [4.78, 5) is 21.1. The van der Waals surface area contributed by atoms with Crippen molar-refractivity contribution in [2.24, 2.45) is 11.8 Å². The van der Waals surface area contributed by atoms with E-state index in [0.717, 1.165) is 24.0 Å². The summed E-state index contributed by atoms with van der Waals surface area (Å²) in [6.07, 6.45) is 1.81. The molecule has 0 spiro atoms. The number of hydrogen-bond acceptors (Lipinski definition) is 4. The van der Waals surface area contributed by atoms with Gasteiger partial charge in [0.15, 0.2) is 0 Å². The van der Waals surface area contributed by atoms with Crippen LogP contribution < -0.4 is 10.2 Å². The number of carbonyl (C=O) groups excluding carboxylic acids is 2. The molecule has 2 aromatic rings. The molecule has 4 nitrogen and oxygen atoms in total. The first-order valence-corrected chi connectivity index (χ1v) is 8.79. The van der Waals surface area contributed by atoms with Gasteiger partial charge in [0, 0.05) is 0 Å². The molecule has 0 aliphatic heterocycles. The fourth-order valence-corrected chi connectivity index (χ4v) is 2.59. The quantitative estimate of drug-likeness (QED) is 0.580. The second-order valence-electron chi connectivity index (χ2n) is 7.17. The van der Waals surface area contributed by atoms with Crippen LogP contribution in [0.2, 0.25) is 0 Å². The second kappa shape index (κ2) is 13.2. The minimum absolute atomic E-state index is 0. The van der Waals surface area contributed by atoms with Crippen LogP contribution in [0.25, 0.3) is 0 Å². The Morgan fingerprint density at radius 2 is 1.07 bits per heavy atom. The molecule has 140 valence electrons. The van der Waals surface area contributed by atoms with E-state index in [1.165, 1.54) is 0 Å². The minimum Gasteiger partial charge on any atom is -0.545 e. The molecule has 0 aliphatic rings. The van der Waals surface area contributed by atoms with Gasteiger partial charge in [0.25, 0.3) is 0 Å². The first-order valence-electron chi connectivity index (χ1n) is 8.79. The number of hydrogen-bond donors (Lipinski definition) is 0. The number of carbonyl (C=O) groups is 2. The molecular formula is C22H26BaO4. The molecule has 0 aliphatic carbocycles. The van der Waals surface area contributed by atoms with E-state index in [0.29, 0.717) is 11.8 Å². The van der Waals surface area contributed by atoms with E-state index in [9.17, 15) is 19.8 Å². The average molecular weight is 492 g/mol. The van der Waals surface area contributed by atoms with Crippen molar-refractivity contribution in [1.29, 1.82) is 0 Å². The molecular weight excluding hydrogens is 466 g/mol. The van der Waals surface area contributed by atoms with Crippen LogP contribution in [0.1, 0.15) is 59.5 Å². The van der Waals surface area contributed by atoms with Crippen LogP contribution in [0.5, 0.6) is 0 Å². The van der Waals surface area contributed by atoms with Crippen molar-refractivity contribution >= 4 is 60.8 Å². The molecule has 2 aromatic carbocycles. The Morgan fingerprint density at radius 3 is 1.33 bits per heavy atom. The third-order valence-corrected chi connectivity index (χ3v) is 3.61. The number of rotatable bonds is 6. The van der Waals surface area contributed by atoms with E-state index in [-0.39, 0.29) is 60.0 Å². The van der Waals surface area contributed by atoms with Gasteiger partial charge in [-0.3, -0.25) is 0 Å². The number of carboxylic acids is 2. The molecule has 0 N–H and O–H groups in total. The molecule has 2 rings (SSSR count). The number of aromatic carboxylic acids is 2. The Kier molecular flexibility index (Phi) is 12.7. The van der Waals surface area contributed by atoms with E-state index in [1.807, 2.05) is 12.1 Å². The zero-order chi connectivity index (χ0) is 19.7. The van der Waals surface area contributed by atoms with Gasteiger partial charge in [0.05, 0.1) is 11.9 Å². The van der Waals surface area contributed by atoms with E-state index in [1.54, 1.807) is 36.4 Å². The van der Waals surface area contributed by atoms with Crippen molar-refractivity contribution in [3.63, 3.8) is 0 Å². The van der Waals surface area contributed by atoms with Gasteiger partial charge < -0.3 is 19.8 Å². The maximum Gasteiger partial charge on any atom is 2.00 e. The Hall–Kier alpha value is -1.05. The zero-order valence-electron chi connectivity index (χ0n) is 16.5. The summed E-state index contributed by atoms with van der Waals surface area (Å²) in [5.41, 5.74) is 2.63. The Labute approximate surface area is 202 Å². The van der Waals surface area contributed by atoms with E-state index >= 15 is 0 Å². The maximum atomic E-state index is 10.5. The molecule has 0 aromatic heterocycles. The molecule has 0 bridgehead atoms. The molecule has 0 saturated heterocycles. The van der Waals surface area contributed by atoms with Crippen molar-refractivity contribution in [2.45, 2.75) is 40.5 Å². The SMILES string of the molecule is CC(C)Cc1cccc(C(=O)[O-])c1.CC(C)Cc1cccc(C(=O)[O-])c1.[Ba+2]. The Morgan fingerprint density at radius 1 is 0.741 bits per heavy atom. The minimum atomic E-state index is -1.11. The first kappa shape index (κ1) is 26.0. The van der Waals surface area contributed by atoms with Gasteiger partial charge in [0.1, 0.15) is 0 Å². The molecule has 27 heavy (non-hydrogen) atoms. The largest absolute Gasteiger partial charge is 2.00 e. The Bertz CT molecular complexity index is 675. The van der Waals surface area contributed by atoms with Crippen molar-refractivity contribution in [3.05, 3.63) is 70.8 Å². The van der Waals surface area contributed by atoms with E-state index < -0.39 is 11.9 Å². The fourth-order valence-electron chi connectivity index (χ4n) is 2.59. The van der Waals surface area contributed by atoms with Crippen molar-refractivity contribution < 1.29 is 19.8 Å². The van der Waals surface area contributed by atoms with Gasteiger partial charge in [-0.25, -0.2) is 0 Å². The third-order valence-electron chi connectivity index (χ3n) is 3.61. The predicted octanol–water partition coefficient (Wildman–Crippen LogP) is 2.12. The van der Waals surface area contributed by atoms with Crippen LogP contribution in [-0.2, 0) is 12.8 Å². The van der Waals surface area contributed by atoms with Crippen LogP contribution in [0.3, 0.4) is 0 Å². The molecule has 0 saturated carbocycles. The second-order valence-corrected chi connectivity index (χ2v) is 7.17. The number of carboxylic acid groups (broad SMARTS) is 2. The standard InChI is InChI=1S/2C11H14O2.Ba/c2*1-8(2)6-9-4-3-5-10(7-9)11(12)13;/h2*3-5,7-8H,6H2,1-2H3,(H,12,13);/q;;+2/p-2. The molecule has 0 atom stereocenters. The number of benzene rings is 2. The predicted molar refractivity (Wildman–Crippen MR) is 104 cm³/mol. The summed E-state index contributed by atoms with van der Waals surface area (Å²) in [6, 6.07) is 13.8. The monoisotopic (exact) mass is 492 g/mol. The Balaban J connectivity index is 0.000000483. The van der Waals surface area contributed by atoms with Gasteiger partial charge in [-0.15, -0.1) is 0 Å². The van der Waals surface area contributed by atoms with Gasteiger partial charge in [-0.2, -0.15) is 0 Å². The molecule has 0 unspecified atom stereocenters. The van der Waals surface area contributed by atoms with Gasteiger partial charge in [-0.1, -0.05) is 64.1 Å². The topological polar surface area (TPSA) is 80.3 Å². The van der Waals surface area contributed by atoms with Gasteiger partial charge in [-0.05, 0) is 59.1 Å². The molecule has 0 amide bonds. The van der Waals surface area contributed by atoms with Crippen molar-refractivity contribution in [3.8, 4) is 0 Å². The summed E-state index contributed by atoms with van der Waals surface area (Å²) in [6.45, 7) is 8.41. The normalized spacial score (nSPS) is 10.0. The van der Waals surface area contributed by atoms with Crippen molar-refractivity contribution in [1.82, 2.24) is 0 Å². The molecule has 0 radical (unpaired) electrons. The van der Waals surface area contributed by atoms with Crippen LogP contribution in [-0.4, -0.2) is 60.8 Å². The average Bonchev–Trinajstić information content (AvgIpc) is 2.54. The molecule has 5 heteroatoms. The van der Waals surface area contributed by atoms with Crippen LogP contribution in [0.15, 0.2) is 48.5 Å². The fraction of sp³-hybridized carbons (Fsp3) is 0.364. The van der Waals surface area contributed by atoms with Crippen LogP contribution in [0.4, 0.5) is 0 Å². The van der Waals surface area contributed by atoms with Crippen LogP contribution in [0, 0.1) is 11.8 Å². The summed E-state index contributed by atoms with van der Waals surface area (Å²) >= 11 is 0. The molecule has 0 fully saturated rings. The maximum absolute atomic E-state index is 10.5. The van der Waals surface area contributed by atoms with Crippen LogP contribution >= 0.6 is 0 Å². The van der Waals surface area contributed by atoms with Gasteiger partial charge >= 0.3 is 48.9 Å². The van der Waals surface area contributed by atoms with E-state index in [2.05, 4.69) is 27.7 Å². The summed E-state index contributed by atoms with van der Waals surface area (Å²) in [5.74, 6) is -1.13.